The number of carbonyl (C=O) groups excluding carboxylic acids is 1. The molecule has 0 spiro atoms. The molecule has 0 fully saturated rings. The van der Waals surface area contributed by atoms with Gasteiger partial charge in [-0.1, -0.05) is 30.3 Å². The fraction of sp³-hybridized carbons (Fsp3) is 0.278. The maximum Gasteiger partial charge on any atom is 0.244 e. The molecule has 116 valence electrons. The fourth-order valence-electron chi connectivity index (χ4n) is 2.12. The van der Waals surface area contributed by atoms with Crippen LogP contribution in [0.5, 0.6) is 0 Å². The summed E-state index contributed by atoms with van der Waals surface area (Å²) < 4.78 is 0. The van der Waals surface area contributed by atoms with Crippen LogP contribution in [0.15, 0.2) is 48.5 Å². The van der Waals surface area contributed by atoms with Gasteiger partial charge in [-0.05, 0) is 43.5 Å². The van der Waals surface area contributed by atoms with Crippen molar-refractivity contribution in [1.29, 1.82) is 0 Å². The summed E-state index contributed by atoms with van der Waals surface area (Å²) in [5.74, 6) is -0.0971. The van der Waals surface area contributed by atoms with Crippen LogP contribution in [0.2, 0.25) is 0 Å². The van der Waals surface area contributed by atoms with Gasteiger partial charge in [0.15, 0.2) is 0 Å². The Hall–Kier alpha value is -1.91. The Labute approximate surface area is 135 Å². The molecule has 0 radical (unpaired) electrons. The normalized spacial score (nSPS) is 12.5. The van der Waals surface area contributed by atoms with E-state index >= 15 is 0 Å². The lowest BCUT2D eigenvalue weighted by atomic mass is 10.2. The molecular weight excluding hydrogens is 294 g/mol. The summed E-state index contributed by atoms with van der Waals surface area (Å²) in [5.41, 5.74) is 1.19. The van der Waals surface area contributed by atoms with Crippen LogP contribution in [-0.4, -0.2) is 23.7 Å². The summed E-state index contributed by atoms with van der Waals surface area (Å²) in [7, 11) is 0. The Morgan fingerprint density at radius 2 is 2.05 bits per heavy atom. The monoisotopic (exact) mass is 315 g/mol. The Morgan fingerprint density at radius 3 is 2.77 bits per heavy atom. The summed E-state index contributed by atoms with van der Waals surface area (Å²) in [5, 5.41) is 11.7. The molecule has 1 atom stereocenters. The second-order valence-electron chi connectivity index (χ2n) is 5.18. The van der Waals surface area contributed by atoms with Gasteiger partial charge in [0.05, 0.1) is 0 Å². The SMILES string of the molecule is CC(CCCO)NC(=O)/C=C/c1ccc(-c2ccccc2)s1. The molecule has 2 aromatic rings. The van der Waals surface area contributed by atoms with Gasteiger partial charge in [0.2, 0.25) is 5.91 Å². The number of hydrogen-bond donors (Lipinski definition) is 2. The van der Waals surface area contributed by atoms with E-state index in [9.17, 15) is 4.79 Å². The number of benzene rings is 1. The third-order valence-electron chi connectivity index (χ3n) is 3.27. The quantitative estimate of drug-likeness (QED) is 0.765. The van der Waals surface area contributed by atoms with Gasteiger partial charge in [0.1, 0.15) is 0 Å². The van der Waals surface area contributed by atoms with Crippen molar-refractivity contribution in [2.75, 3.05) is 6.61 Å². The van der Waals surface area contributed by atoms with E-state index in [1.165, 1.54) is 10.4 Å². The summed E-state index contributed by atoms with van der Waals surface area (Å²) >= 11 is 1.66. The van der Waals surface area contributed by atoms with Gasteiger partial charge in [0, 0.05) is 28.5 Å². The number of carbonyl (C=O) groups is 1. The molecule has 2 N–H and O–H groups in total. The maximum absolute atomic E-state index is 11.8. The fourth-order valence-corrected chi connectivity index (χ4v) is 3.03. The van der Waals surface area contributed by atoms with Crippen molar-refractivity contribution in [3.63, 3.8) is 0 Å². The second kappa shape index (κ2) is 8.51. The molecule has 1 aromatic carbocycles. The van der Waals surface area contributed by atoms with Crippen LogP contribution in [0.3, 0.4) is 0 Å². The van der Waals surface area contributed by atoms with Crippen molar-refractivity contribution in [3.8, 4) is 10.4 Å². The summed E-state index contributed by atoms with van der Waals surface area (Å²) in [6.45, 7) is 2.10. The van der Waals surface area contributed by atoms with Crippen LogP contribution in [0.1, 0.15) is 24.6 Å². The average Bonchev–Trinajstić information content (AvgIpc) is 3.01. The Kier molecular flexibility index (Phi) is 6.37. The van der Waals surface area contributed by atoms with Crippen molar-refractivity contribution in [2.45, 2.75) is 25.8 Å². The predicted molar refractivity (Wildman–Crippen MR) is 92.7 cm³/mol. The lowest BCUT2D eigenvalue weighted by Crippen LogP contribution is -2.31. The van der Waals surface area contributed by atoms with E-state index in [2.05, 4.69) is 23.5 Å². The number of rotatable bonds is 7. The van der Waals surface area contributed by atoms with Crippen LogP contribution in [-0.2, 0) is 4.79 Å². The molecule has 0 saturated heterocycles. The van der Waals surface area contributed by atoms with E-state index in [1.54, 1.807) is 17.4 Å². The van der Waals surface area contributed by atoms with Crippen molar-refractivity contribution >= 4 is 23.3 Å². The highest BCUT2D eigenvalue weighted by atomic mass is 32.1. The van der Waals surface area contributed by atoms with Crippen molar-refractivity contribution in [2.24, 2.45) is 0 Å². The number of thiophene rings is 1. The molecule has 1 unspecified atom stereocenters. The highest BCUT2D eigenvalue weighted by Gasteiger charge is 2.04. The second-order valence-corrected chi connectivity index (χ2v) is 6.29. The third-order valence-corrected chi connectivity index (χ3v) is 4.37. The lowest BCUT2D eigenvalue weighted by Gasteiger charge is -2.10. The molecule has 1 aromatic heterocycles. The first-order valence-corrected chi connectivity index (χ1v) is 8.25. The van der Waals surface area contributed by atoms with Crippen molar-refractivity contribution < 1.29 is 9.90 Å². The van der Waals surface area contributed by atoms with Gasteiger partial charge in [-0.15, -0.1) is 11.3 Å². The molecular formula is C18H21NO2S. The smallest absolute Gasteiger partial charge is 0.244 e. The van der Waals surface area contributed by atoms with E-state index in [1.807, 2.05) is 37.3 Å². The van der Waals surface area contributed by atoms with Gasteiger partial charge >= 0.3 is 0 Å². The predicted octanol–water partition coefficient (Wildman–Crippen LogP) is 3.71. The highest BCUT2D eigenvalue weighted by Crippen LogP contribution is 2.28. The topological polar surface area (TPSA) is 49.3 Å². The first-order valence-electron chi connectivity index (χ1n) is 7.43. The minimum absolute atomic E-state index is 0.0764. The number of aliphatic hydroxyl groups is 1. The largest absolute Gasteiger partial charge is 0.396 e. The van der Waals surface area contributed by atoms with E-state index in [-0.39, 0.29) is 18.6 Å². The van der Waals surface area contributed by atoms with Gasteiger partial charge in [-0.3, -0.25) is 4.79 Å². The molecule has 0 saturated carbocycles. The van der Waals surface area contributed by atoms with E-state index in [4.69, 9.17) is 5.11 Å². The zero-order valence-corrected chi connectivity index (χ0v) is 13.5. The standard InChI is InChI=1S/C18H21NO2S/c1-14(6-5-13-20)19-18(21)12-10-16-9-11-17(22-16)15-7-3-2-4-8-15/h2-4,7-12,14,20H,5-6,13H2,1H3,(H,19,21)/b12-10+. The van der Waals surface area contributed by atoms with E-state index in [0.29, 0.717) is 6.42 Å². The first-order chi connectivity index (χ1) is 10.7. The van der Waals surface area contributed by atoms with Gasteiger partial charge in [-0.2, -0.15) is 0 Å². The summed E-state index contributed by atoms with van der Waals surface area (Å²) in [6.07, 6.45) is 4.89. The Morgan fingerprint density at radius 1 is 1.27 bits per heavy atom. The molecule has 1 heterocycles. The van der Waals surface area contributed by atoms with Crippen molar-refractivity contribution in [1.82, 2.24) is 5.32 Å². The van der Waals surface area contributed by atoms with Gasteiger partial charge < -0.3 is 10.4 Å². The van der Waals surface area contributed by atoms with Crippen LogP contribution in [0.4, 0.5) is 0 Å². The minimum atomic E-state index is -0.0971. The number of hydrogen-bond acceptors (Lipinski definition) is 3. The number of amides is 1. The summed E-state index contributed by atoms with van der Waals surface area (Å²) in [4.78, 5) is 14.1. The molecule has 22 heavy (non-hydrogen) atoms. The summed E-state index contributed by atoms with van der Waals surface area (Å²) in [6, 6.07) is 14.4. The molecule has 2 rings (SSSR count). The van der Waals surface area contributed by atoms with Crippen LogP contribution in [0.25, 0.3) is 16.5 Å². The Balaban J connectivity index is 1.91. The molecule has 4 heteroatoms. The Bertz CT molecular complexity index is 619. The number of aliphatic hydroxyl groups excluding tert-OH is 1. The third kappa shape index (κ3) is 5.13. The maximum atomic E-state index is 11.8. The zero-order valence-electron chi connectivity index (χ0n) is 12.7. The number of nitrogens with one attached hydrogen (secondary N) is 1. The van der Waals surface area contributed by atoms with Crippen LogP contribution in [0, 0.1) is 0 Å². The van der Waals surface area contributed by atoms with E-state index in [0.717, 1.165) is 11.3 Å². The van der Waals surface area contributed by atoms with Gasteiger partial charge in [0.25, 0.3) is 0 Å². The molecule has 0 bridgehead atoms. The van der Waals surface area contributed by atoms with Crippen molar-refractivity contribution in [3.05, 3.63) is 53.4 Å². The van der Waals surface area contributed by atoms with Crippen LogP contribution >= 0.6 is 11.3 Å². The molecule has 3 nitrogen and oxygen atoms in total. The molecule has 0 aliphatic rings. The highest BCUT2D eigenvalue weighted by molar-refractivity contribution is 7.16. The zero-order chi connectivity index (χ0) is 15.8. The minimum Gasteiger partial charge on any atom is -0.396 e. The molecule has 1 amide bonds. The lowest BCUT2D eigenvalue weighted by molar-refractivity contribution is -0.117. The first kappa shape index (κ1) is 16.5. The molecule has 0 aliphatic heterocycles. The van der Waals surface area contributed by atoms with Crippen LogP contribution < -0.4 is 5.32 Å². The average molecular weight is 315 g/mol. The van der Waals surface area contributed by atoms with Gasteiger partial charge in [-0.25, -0.2) is 0 Å². The molecule has 0 aliphatic carbocycles. The van der Waals surface area contributed by atoms with E-state index < -0.39 is 0 Å².